The molecule has 1 aliphatic heterocycles. The number of imidazole rings is 1. The summed E-state index contributed by atoms with van der Waals surface area (Å²) >= 11 is 0. The van der Waals surface area contributed by atoms with E-state index in [-0.39, 0.29) is 6.03 Å². The first-order chi connectivity index (χ1) is 14.6. The monoisotopic (exact) mass is 409 g/mol. The fourth-order valence-electron chi connectivity index (χ4n) is 2.97. The molecule has 0 atom stereocenters. The van der Waals surface area contributed by atoms with Crippen molar-refractivity contribution in [3.05, 3.63) is 48.3 Å². The van der Waals surface area contributed by atoms with Crippen molar-refractivity contribution < 1.29 is 14.3 Å². The molecule has 0 radical (unpaired) electrons. The van der Waals surface area contributed by atoms with Crippen LogP contribution in [0.5, 0.6) is 11.5 Å². The number of fused-ring (bicyclic) bond motifs is 1. The standard InChI is InChI=1S/C20H23N7O3/c1-13-14(2)27(12-25-13)19-10-18(23-11-24-19)21-5-6-22-20(28)26-15-3-4-16-17(9-15)30-8-7-29-16/h3-4,9-12H,5-8H2,1-2H3,(H,21,23,24)(H2,22,26,28). The predicted molar refractivity (Wildman–Crippen MR) is 112 cm³/mol. The lowest BCUT2D eigenvalue weighted by Gasteiger charge is -2.19. The second-order valence-corrected chi connectivity index (χ2v) is 6.71. The number of carbonyl (C=O) groups is 1. The molecule has 0 fully saturated rings. The van der Waals surface area contributed by atoms with Gasteiger partial charge in [-0.15, -0.1) is 0 Å². The van der Waals surface area contributed by atoms with Crippen LogP contribution in [0.4, 0.5) is 16.3 Å². The summed E-state index contributed by atoms with van der Waals surface area (Å²) in [6.45, 7) is 5.89. The molecule has 0 unspecified atom stereocenters. The Hall–Kier alpha value is -3.82. The number of carbonyl (C=O) groups excluding carboxylic acids is 1. The number of nitrogens with one attached hydrogen (secondary N) is 3. The van der Waals surface area contributed by atoms with Crippen molar-refractivity contribution in [1.29, 1.82) is 0 Å². The highest BCUT2D eigenvalue weighted by molar-refractivity contribution is 5.89. The Labute approximate surface area is 173 Å². The van der Waals surface area contributed by atoms with E-state index in [0.717, 1.165) is 17.2 Å². The van der Waals surface area contributed by atoms with Gasteiger partial charge in [0.05, 0.1) is 5.69 Å². The Morgan fingerprint density at radius 3 is 2.70 bits per heavy atom. The van der Waals surface area contributed by atoms with Crippen LogP contribution in [0.3, 0.4) is 0 Å². The van der Waals surface area contributed by atoms with Crippen LogP contribution in [0.2, 0.25) is 0 Å². The van der Waals surface area contributed by atoms with Crippen LogP contribution >= 0.6 is 0 Å². The van der Waals surface area contributed by atoms with Crippen molar-refractivity contribution in [2.45, 2.75) is 13.8 Å². The molecule has 10 nitrogen and oxygen atoms in total. The first-order valence-corrected chi connectivity index (χ1v) is 9.61. The molecular formula is C20H23N7O3. The van der Waals surface area contributed by atoms with Crippen LogP contribution in [0, 0.1) is 13.8 Å². The minimum absolute atomic E-state index is 0.304. The third kappa shape index (κ3) is 4.43. The van der Waals surface area contributed by atoms with Crippen molar-refractivity contribution >= 4 is 17.5 Å². The predicted octanol–water partition coefficient (Wildman–Crippen LogP) is 2.28. The van der Waals surface area contributed by atoms with Crippen LogP contribution in [0.25, 0.3) is 5.82 Å². The smallest absolute Gasteiger partial charge is 0.319 e. The average molecular weight is 409 g/mol. The van der Waals surface area contributed by atoms with Crippen molar-refractivity contribution in [3.63, 3.8) is 0 Å². The molecule has 156 valence electrons. The van der Waals surface area contributed by atoms with Gasteiger partial charge in [0.2, 0.25) is 0 Å². The molecule has 0 aliphatic carbocycles. The maximum atomic E-state index is 12.1. The Morgan fingerprint density at radius 2 is 1.90 bits per heavy atom. The number of hydrogen-bond donors (Lipinski definition) is 3. The molecule has 0 bridgehead atoms. The van der Waals surface area contributed by atoms with Crippen LogP contribution in [0.15, 0.2) is 36.9 Å². The van der Waals surface area contributed by atoms with E-state index < -0.39 is 0 Å². The summed E-state index contributed by atoms with van der Waals surface area (Å²) in [6, 6.07) is 6.83. The molecule has 10 heteroatoms. The largest absolute Gasteiger partial charge is 0.486 e. The van der Waals surface area contributed by atoms with Crippen molar-refractivity contribution in [1.82, 2.24) is 24.8 Å². The Kier molecular flexibility index (Phi) is 5.64. The lowest BCUT2D eigenvalue weighted by atomic mass is 10.2. The van der Waals surface area contributed by atoms with E-state index in [1.165, 1.54) is 6.33 Å². The van der Waals surface area contributed by atoms with Gasteiger partial charge >= 0.3 is 6.03 Å². The lowest BCUT2D eigenvalue weighted by Crippen LogP contribution is -2.32. The fourth-order valence-corrected chi connectivity index (χ4v) is 2.97. The molecule has 0 spiro atoms. The Morgan fingerprint density at radius 1 is 1.07 bits per heavy atom. The molecule has 2 amide bonds. The molecule has 1 aliphatic rings. The lowest BCUT2D eigenvalue weighted by molar-refractivity contribution is 0.171. The summed E-state index contributed by atoms with van der Waals surface area (Å²) in [7, 11) is 0. The summed E-state index contributed by atoms with van der Waals surface area (Å²) in [4.78, 5) is 24.9. The van der Waals surface area contributed by atoms with Gasteiger partial charge in [0.15, 0.2) is 11.5 Å². The molecular weight excluding hydrogens is 386 g/mol. The molecule has 0 saturated carbocycles. The third-order valence-corrected chi connectivity index (χ3v) is 4.67. The summed E-state index contributed by atoms with van der Waals surface area (Å²) in [5.41, 5.74) is 2.62. The quantitative estimate of drug-likeness (QED) is 0.535. The molecule has 0 saturated heterocycles. The second-order valence-electron chi connectivity index (χ2n) is 6.71. The number of aromatic nitrogens is 4. The highest BCUT2D eigenvalue weighted by Crippen LogP contribution is 2.32. The number of benzene rings is 1. The second kappa shape index (κ2) is 8.68. The van der Waals surface area contributed by atoms with Crippen LogP contribution in [-0.2, 0) is 0 Å². The Bertz CT molecular complexity index is 1050. The summed E-state index contributed by atoms with van der Waals surface area (Å²) < 4.78 is 12.9. The zero-order valence-corrected chi connectivity index (χ0v) is 16.8. The maximum absolute atomic E-state index is 12.1. The van der Waals surface area contributed by atoms with Gasteiger partial charge in [-0.25, -0.2) is 19.7 Å². The van der Waals surface area contributed by atoms with Crippen LogP contribution in [0.1, 0.15) is 11.4 Å². The zero-order valence-electron chi connectivity index (χ0n) is 16.8. The first kappa shape index (κ1) is 19.5. The summed E-state index contributed by atoms with van der Waals surface area (Å²) in [6.07, 6.45) is 3.23. The van der Waals surface area contributed by atoms with E-state index in [1.807, 2.05) is 24.5 Å². The molecule has 2 aromatic heterocycles. The SMILES string of the molecule is Cc1ncn(-c2cc(NCCNC(=O)Nc3ccc4c(c3)OCCO4)ncn2)c1C. The highest BCUT2D eigenvalue weighted by atomic mass is 16.6. The van der Waals surface area contributed by atoms with Gasteiger partial charge in [-0.3, -0.25) is 4.57 Å². The molecule has 3 heterocycles. The van der Waals surface area contributed by atoms with Crippen molar-refractivity contribution in [3.8, 4) is 17.3 Å². The number of hydrogen-bond acceptors (Lipinski definition) is 7. The number of urea groups is 1. The number of aryl methyl sites for hydroxylation is 1. The van der Waals surface area contributed by atoms with Crippen molar-refractivity contribution in [2.75, 3.05) is 36.9 Å². The third-order valence-electron chi connectivity index (χ3n) is 4.67. The van der Waals surface area contributed by atoms with E-state index in [2.05, 4.69) is 30.9 Å². The molecule has 3 N–H and O–H groups in total. The maximum Gasteiger partial charge on any atom is 0.319 e. The number of rotatable bonds is 6. The molecule has 3 aromatic rings. The van der Waals surface area contributed by atoms with E-state index in [1.54, 1.807) is 24.5 Å². The number of ether oxygens (including phenoxy) is 2. The van der Waals surface area contributed by atoms with E-state index in [9.17, 15) is 4.79 Å². The topological polar surface area (TPSA) is 115 Å². The average Bonchev–Trinajstić information content (AvgIpc) is 3.10. The van der Waals surface area contributed by atoms with Gasteiger partial charge in [-0.05, 0) is 26.0 Å². The van der Waals surface area contributed by atoms with Gasteiger partial charge < -0.3 is 25.4 Å². The molecule has 4 rings (SSSR count). The Balaban J connectivity index is 1.25. The minimum atomic E-state index is -0.304. The zero-order chi connectivity index (χ0) is 20.9. The number of nitrogens with zero attached hydrogens (tertiary/aromatic N) is 4. The van der Waals surface area contributed by atoms with Gasteiger partial charge in [0, 0.05) is 36.6 Å². The van der Waals surface area contributed by atoms with Crippen molar-refractivity contribution in [2.24, 2.45) is 0 Å². The molecule has 1 aromatic carbocycles. The normalized spacial score (nSPS) is 12.3. The molecule has 30 heavy (non-hydrogen) atoms. The van der Waals surface area contributed by atoms with Crippen LogP contribution in [-0.4, -0.2) is 51.9 Å². The van der Waals surface area contributed by atoms with Gasteiger partial charge in [0.25, 0.3) is 0 Å². The van der Waals surface area contributed by atoms with Gasteiger partial charge in [0.1, 0.15) is 37.5 Å². The summed E-state index contributed by atoms with van der Waals surface area (Å²) in [5, 5.41) is 8.75. The summed E-state index contributed by atoms with van der Waals surface area (Å²) in [5.74, 6) is 2.71. The first-order valence-electron chi connectivity index (χ1n) is 9.61. The number of anilines is 2. The van der Waals surface area contributed by atoms with Crippen LogP contribution < -0.4 is 25.4 Å². The van der Waals surface area contributed by atoms with Gasteiger partial charge in [-0.1, -0.05) is 0 Å². The van der Waals surface area contributed by atoms with Gasteiger partial charge in [-0.2, -0.15) is 0 Å². The van der Waals surface area contributed by atoms with E-state index in [0.29, 0.717) is 49.3 Å². The number of amides is 2. The fraction of sp³-hybridized carbons (Fsp3) is 0.300. The van der Waals surface area contributed by atoms with E-state index in [4.69, 9.17) is 9.47 Å². The minimum Gasteiger partial charge on any atom is -0.486 e. The van der Waals surface area contributed by atoms with E-state index >= 15 is 0 Å². The highest BCUT2D eigenvalue weighted by Gasteiger charge is 2.12.